The first-order chi connectivity index (χ1) is 16.2. The van der Waals surface area contributed by atoms with Gasteiger partial charge in [0.2, 0.25) is 5.92 Å². The Balaban J connectivity index is 1.31. The summed E-state index contributed by atoms with van der Waals surface area (Å²) in [6, 6.07) is 3.16. The third-order valence-corrected chi connectivity index (χ3v) is 8.43. The minimum Gasteiger partial charge on any atom is -0.454 e. The number of ether oxygens (including phenoxy) is 1. The Labute approximate surface area is 199 Å². The monoisotopic (exact) mass is 496 g/mol. The van der Waals surface area contributed by atoms with E-state index in [2.05, 4.69) is 10.5 Å². The molecule has 0 radical (unpaired) electrons. The summed E-state index contributed by atoms with van der Waals surface area (Å²) in [7, 11) is 0. The van der Waals surface area contributed by atoms with Crippen molar-refractivity contribution in [3.8, 4) is 0 Å². The molecule has 1 aliphatic carbocycles. The highest BCUT2D eigenvalue weighted by Gasteiger charge is 2.56. The van der Waals surface area contributed by atoms with Crippen molar-refractivity contribution in [1.29, 1.82) is 0 Å². The number of esters is 1. The predicted octanol–water partition coefficient (Wildman–Crippen LogP) is 3.15. The van der Waals surface area contributed by atoms with E-state index in [1.807, 2.05) is 0 Å². The van der Waals surface area contributed by atoms with E-state index in [1.54, 1.807) is 22.9 Å². The van der Waals surface area contributed by atoms with E-state index in [4.69, 9.17) is 9.26 Å². The van der Waals surface area contributed by atoms with Crippen LogP contribution in [0.15, 0.2) is 33.7 Å². The molecule has 3 saturated heterocycles. The van der Waals surface area contributed by atoms with Crippen LogP contribution >= 0.6 is 11.3 Å². The van der Waals surface area contributed by atoms with Gasteiger partial charge in [-0.05, 0) is 23.2 Å². The van der Waals surface area contributed by atoms with Crippen LogP contribution in [0.4, 0.5) is 14.6 Å². The molecular formula is C23H28F2N3O5S+. The second-order valence-corrected chi connectivity index (χ2v) is 10.7. The van der Waals surface area contributed by atoms with Gasteiger partial charge in [0, 0.05) is 49.1 Å². The van der Waals surface area contributed by atoms with Crippen molar-refractivity contribution in [1.82, 2.24) is 5.16 Å². The average molecular weight is 497 g/mol. The van der Waals surface area contributed by atoms with E-state index < -0.39 is 35.9 Å². The number of thiophene rings is 1. The van der Waals surface area contributed by atoms with Crippen LogP contribution in [-0.2, 0) is 19.9 Å². The van der Waals surface area contributed by atoms with E-state index in [9.17, 15) is 23.5 Å². The zero-order valence-electron chi connectivity index (χ0n) is 18.6. The average Bonchev–Trinajstić information content (AvgIpc) is 3.56. The molecule has 1 saturated carbocycles. The predicted molar refractivity (Wildman–Crippen MR) is 118 cm³/mol. The number of halogens is 2. The van der Waals surface area contributed by atoms with E-state index in [0.29, 0.717) is 22.4 Å². The summed E-state index contributed by atoms with van der Waals surface area (Å²) >= 11 is 1.29. The molecule has 4 fully saturated rings. The first-order valence-corrected chi connectivity index (χ1v) is 12.5. The number of carbonyl (C=O) groups is 2. The van der Waals surface area contributed by atoms with E-state index in [-0.39, 0.29) is 31.2 Å². The second kappa shape index (κ2) is 8.69. The fourth-order valence-electron chi connectivity index (χ4n) is 5.88. The number of fused-ring (bicyclic) bond motifs is 3. The van der Waals surface area contributed by atoms with Crippen LogP contribution in [0.5, 0.6) is 0 Å². The van der Waals surface area contributed by atoms with Gasteiger partial charge in [0.15, 0.2) is 24.1 Å². The van der Waals surface area contributed by atoms with Crippen molar-refractivity contribution in [3.63, 3.8) is 0 Å². The topological polar surface area (TPSA) is 102 Å². The standard InChI is InChI=1S/C23H27F2N3O5S/c24-22(25)6-1-16(11-22)23(31,17-5-10-34-14-17)21(30)33-18-12-28(7-2-15(18)3-8-28)13-20(29)26-19-4-9-32-27-19/h4-5,9-10,14-16,18,31H,1-3,6-8,11-13H2/p+1/t15?,16?,18-,23?,28?/m0/s1. The van der Waals surface area contributed by atoms with Crippen LogP contribution in [0, 0.1) is 11.8 Å². The van der Waals surface area contributed by atoms with Gasteiger partial charge in [-0.3, -0.25) is 4.79 Å². The number of aliphatic hydroxyl groups is 1. The number of rotatable bonds is 7. The number of hydrogen-bond acceptors (Lipinski definition) is 7. The van der Waals surface area contributed by atoms with Crippen molar-refractivity contribution in [2.75, 3.05) is 31.5 Å². The number of piperidine rings is 3. The number of quaternary nitrogens is 1. The van der Waals surface area contributed by atoms with E-state index in [0.717, 1.165) is 25.9 Å². The largest absolute Gasteiger partial charge is 0.454 e. The Morgan fingerprint density at radius 1 is 1.32 bits per heavy atom. The van der Waals surface area contributed by atoms with Gasteiger partial charge in [-0.1, -0.05) is 5.16 Å². The maximum absolute atomic E-state index is 14.0. The van der Waals surface area contributed by atoms with Crippen LogP contribution in [0.1, 0.15) is 37.7 Å². The van der Waals surface area contributed by atoms with Crippen LogP contribution in [0.25, 0.3) is 0 Å². The van der Waals surface area contributed by atoms with Gasteiger partial charge in [-0.15, -0.1) is 0 Å². The second-order valence-electron chi connectivity index (χ2n) is 9.92. The van der Waals surface area contributed by atoms with E-state index in [1.165, 1.54) is 17.6 Å². The fourth-order valence-corrected chi connectivity index (χ4v) is 6.58. The summed E-state index contributed by atoms with van der Waals surface area (Å²) in [5, 5.41) is 21.3. The molecule has 4 aliphatic rings. The molecule has 8 nitrogen and oxygen atoms in total. The number of alkyl halides is 2. The number of aromatic nitrogens is 1. The van der Waals surface area contributed by atoms with Gasteiger partial charge >= 0.3 is 5.97 Å². The Morgan fingerprint density at radius 2 is 2.12 bits per heavy atom. The number of hydrogen-bond donors (Lipinski definition) is 2. The van der Waals surface area contributed by atoms with Gasteiger partial charge < -0.3 is 24.2 Å². The Hall–Kier alpha value is -2.37. The molecular weight excluding hydrogens is 468 g/mol. The quantitative estimate of drug-likeness (QED) is 0.451. The van der Waals surface area contributed by atoms with Gasteiger partial charge in [0.25, 0.3) is 5.91 Å². The zero-order valence-corrected chi connectivity index (χ0v) is 19.4. The van der Waals surface area contributed by atoms with Gasteiger partial charge in [-0.25, -0.2) is 13.6 Å². The maximum atomic E-state index is 14.0. The molecule has 11 heteroatoms. The first-order valence-electron chi connectivity index (χ1n) is 11.6. The van der Waals surface area contributed by atoms with Gasteiger partial charge in [0.05, 0.1) is 13.1 Å². The minimum absolute atomic E-state index is 0.0464. The zero-order chi connectivity index (χ0) is 24.0. The minimum atomic E-state index is -2.91. The molecule has 184 valence electrons. The van der Waals surface area contributed by atoms with Crippen LogP contribution in [0.3, 0.4) is 0 Å². The molecule has 1 amide bonds. The first kappa shape index (κ1) is 23.4. The molecule has 3 atom stereocenters. The van der Waals surface area contributed by atoms with Crippen molar-refractivity contribution in [3.05, 3.63) is 34.7 Å². The molecule has 2 N–H and O–H groups in total. The van der Waals surface area contributed by atoms with Gasteiger partial charge in [-0.2, -0.15) is 11.3 Å². The summed E-state index contributed by atoms with van der Waals surface area (Å²) in [5.41, 5.74) is -1.80. The lowest BCUT2D eigenvalue weighted by molar-refractivity contribution is -0.939. The molecule has 2 aromatic heterocycles. The summed E-state index contributed by atoms with van der Waals surface area (Å²) in [6.07, 6.45) is 1.60. The Morgan fingerprint density at radius 3 is 2.74 bits per heavy atom. The lowest BCUT2D eigenvalue weighted by atomic mass is 9.80. The lowest BCUT2D eigenvalue weighted by Gasteiger charge is -2.51. The number of nitrogens with zero attached hydrogens (tertiary/aromatic N) is 2. The Kier molecular flexibility index (Phi) is 5.97. The van der Waals surface area contributed by atoms with Crippen LogP contribution in [0.2, 0.25) is 0 Å². The van der Waals surface area contributed by atoms with Crippen molar-refractivity contribution < 1.29 is 37.2 Å². The van der Waals surface area contributed by atoms with Crippen LogP contribution in [-0.4, -0.2) is 64.8 Å². The number of carbonyl (C=O) groups excluding carboxylic acids is 2. The number of nitrogens with one attached hydrogen (secondary N) is 1. The molecule has 34 heavy (non-hydrogen) atoms. The third kappa shape index (κ3) is 4.36. The lowest BCUT2D eigenvalue weighted by Crippen LogP contribution is -2.66. The smallest absolute Gasteiger partial charge is 0.343 e. The molecule has 2 bridgehead atoms. The number of anilines is 1. The highest BCUT2D eigenvalue weighted by atomic mass is 32.1. The van der Waals surface area contributed by atoms with Crippen LogP contribution < -0.4 is 5.32 Å². The van der Waals surface area contributed by atoms with Crippen molar-refractivity contribution in [2.45, 2.75) is 49.7 Å². The molecule has 3 aliphatic heterocycles. The fraction of sp³-hybridized carbons (Fsp3) is 0.609. The van der Waals surface area contributed by atoms with Crippen molar-refractivity contribution >= 4 is 29.0 Å². The SMILES string of the molecule is O=C(C[N+]12CCC(CC1)[C@@H](OC(=O)C(O)(c1ccsc1)C1CCC(F)(F)C1)C2)Nc1ccon1. The van der Waals surface area contributed by atoms with Gasteiger partial charge in [0.1, 0.15) is 12.8 Å². The van der Waals surface area contributed by atoms with Crippen molar-refractivity contribution in [2.24, 2.45) is 11.8 Å². The Bertz CT molecular complexity index is 1020. The highest BCUT2D eigenvalue weighted by molar-refractivity contribution is 7.08. The molecule has 6 rings (SSSR count). The normalized spacial score (nSPS) is 31.7. The third-order valence-electron chi connectivity index (χ3n) is 7.75. The highest BCUT2D eigenvalue weighted by Crippen LogP contribution is 2.49. The summed E-state index contributed by atoms with van der Waals surface area (Å²) in [4.78, 5) is 26.0. The molecule has 0 aromatic carbocycles. The summed E-state index contributed by atoms with van der Waals surface area (Å²) < 4.78 is 39.1. The summed E-state index contributed by atoms with van der Waals surface area (Å²) in [6.45, 7) is 2.23. The molecule has 0 spiro atoms. The molecule has 2 aromatic rings. The maximum Gasteiger partial charge on any atom is 0.343 e. The molecule has 5 heterocycles. The molecule has 2 unspecified atom stereocenters. The summed E-state index contributed by atoms with van der Waals surface area (Å²) in [5.74, 6) is -4.43. The number of amides is 1. The van der Waals surface area contributed by atoms with E-state index >= 15 is 0 Å².